The Bertz CT molecular complexity index is 598. The third kappa shape index (κ3) is 3.15. The van der Waals surface area contributed by atoms with Gasteiger partial charge < -0.3 is 10.1 Å². The van der Waals surface area contributed by atoms with Gasteiger partial charge in [0.15, 0.2) is 0 Å². The largest absolute Gasteiger partial charge is 0.379 e. The minimum Gasteiger partial charge on any atom is -0.379 e. The maximum atomic E-state index is 11.8. The lowest BCUT2D eigenvalue weighted by Crippen LogP contribution is -2.09. The van der Waals surface area contributed by atoms with Crippen LogP contribution in [0.4, 0.5) is 5.69 Å². The molecule has 1 aliphatic heterocycles. The van der Waals surface area contributed by atoms with Crippen LogP contribution in [0.5, 0.6) is 0 Å². The van der Waals surface area contributed by atoms with Crippen LogP contribution in [0.1, 0.15) is 17.3 Å². The van der Waals surface area contributed by atoms with Crippen LogP contribution < -0.4 is 5.32 Å². The summed E-state index contributed by atoms with van der Waals surface area (Å²) in [5.41, 5.74) is 0.706. The maximum Gasteiger partial charge on any atom is 0.248 e. The Kier molecular flexibility index (Phi) is 3.94. The summed E-state index contributed by atoms with van der Waals surface area (Å²) in [5, 5.41) is 9.04. The summed E-state index contributed by atoms with van der Waals surface area (Å²) in [4.78, 5) is 12.8. The molecule has 2 aromatic rings. The lowest BCUT2D eigenvalue weighted by atomic mass is 10.3. The molecule has 1 saturated heterocycles. The smallest absolute Gasteiger partial charge is 0.248 e. The van der Waals surface area contributed by atoms with E-state index in [-0.39, 0.29) is 11.9 Å². The van der Waals surface area contributed by atoms with Gasteiger partial charge in [0.25, 0.3) is 0 Å². The maximum absolute atomic E-state index is 11.8. The highest BCUT2D eigenvalue weighted by atomic mass is 32.1. The second-order valence-corrected chi connectivity index (χ2v) is 5.54. The van der Waals surface area contributed by atoms with E-state index in [1.165, 1.54) is 6.08 Å². The summed E-state index contributed by atoms with van der Waals surface area (Å²) in [5.74, 6) is -0.152. The number of rotatable bonds is 4. The molecule has 3 rings (SSSR count). The Morgan fingerprint density at radius 2 is 2.55 bits per heavy atom. The molecule has 0 radical (unpaired) electrons. The average molecular weight is 289 g/mol. The van der Waals surface area contributed by atoms with Gasteiger partial charge in [-0.2, -0.15) is 5.10 Å². The number of ether oxygens (including phenoxy) is 1. The van der Waals surface area contributed by atoms with E-state index in [4.69, 9.17) is 4.74 Å². The summed E-state index contributed by atoms with van der Waals surface area (Å²) < 4.78 is 7.18. The molecule has 0 unspecified atom stereocenters. The number of aromatic nitrogens is 2. The van der Waals surface area contributed by atoms with Crippen molar-refractivity contribution in [2.45, 2.75) is 12.5 Å². The van der Waals surface area contributed by atoms with Crippen molar-refractivity contribution in [2.24, 2.45) is 0 Å². The fraction of sp³-hybridized carbons (Fsp3) is 0.286. The molecule has 1 aliphatic rings. The van der Waals surface area contributed by atoms with Crippen molar-refractivity contribution in [2.75, 3.05) is 18.5 Å². The molecule has 0 aliphatic carbocycles. The fourth-order valence-electron chi connectivity index (χ4n) is 2.06. The van der Waals surface area contributed by atoms with Crippen LogP contribution in [0, 0.1) is 0 Å². The Morgan fingerprint density at radius 3 is 3.30 bits per heavy atom. The van der Waals surface area contributed by atoms with Crippen LogP contribution >= 0.6 is 11.3 Å². The topological polar surface area (TPSA) is 56.2 Å². The molecule has 2 aromatic heterocycles. The van der Waals surface area contributed by atoms with Crippen molar-refractivity contribution in [1.29, 1.82) is 0 Å². The second kappa shape index (κ2) is 6.02. The van der Waals surface area contributed by atoms with E-state index in [9.17, 15) is 4.79 Å². The molecule has 3 heterocycles. The van der Waals surface area contributed by atoms with Gasteiger partial charge in [-0.15, -0.1) is 11.3 Å². The van der Waals surface area contributed by atoms with Gasteiger partial charge in [-0.05, 0) is 23.9 Å². The lowest BCUT2D eigenvalue weighted by molar-refractivity contribution is -0.111. The van der Waals surface area contributed by atoms with Crippen LogP contribution in [0.25, 0.3) is 6.08 Å². The van der Waals surface area contributed by atoms with Crippen molar-refractivity contribution in [1.82, 2.24) is 9.78 Å². The highest BCUT2D eigenvalue weighted by Crippen LogP contribution is 2.19. The summed E-state index contributed by atoms with van der Waals surface area (Å²) in [7, 11) is 0. The van der Waals surface area contributed by atoms with Crippen LogP contribution in [0.3, 0.4) is 0 Å². The van der Waals surface area contributed by atoms with Gasteiger partial charge >= 0.3 is 0 Å². The molecule has 0 spiro atoms. The highest BCUT2D eigenvalue weighted by Gasteiger charge is 2.18. The van der Waals surface area contributed by atoms with Crippen molar-refractivity contribution in [3.05, 3.63) is 40.9 Å². The van der Waals surface area contributed by atoms with Crippen molar-refractivity contribution in [3.63, 3.8) is 0 Å². The van der Waals surface area contributed by atoms with Crippen LogP contribution in [-0.2, 0) is 9.53 Å². The predicted octanol–water partition coefficient (Wildman–Crippen LogP) is 2.56. The molecule has 1 atom stereocenters. The molecule has 0 saturated carbocycles. The summed E-state index contributed by atoms with van der Waals surface area (Å²) in [6, 6.07) is 4.20. The van der Waals surface area contributed by atoms with E-state index in [1.54, 1.807) is 23.6 Å². The number of amides is 1. The van der Waals surface area contributed by atoms with Gasteiger partial charge in [-0.25, -0.2) is 0 Å². The third-order valence-electron chi connectivity index (χ3n) is 3.09. The minimum atomic E-state index is -0.152. The molecule has 1 N–H and O–H groups in total. The fourth-order valence-corrected chi connectivity index (χ4v) is 2.68. The van der Waals surface area contributed by atoms with E-state index in [2.05, 4.69) is 10.4 Å². The number of nitrogens with one attached hydrogen (secondary N) is 1. The van der Waals surface area contributed by atoms with E-state index in [1.807, 2.05) is 28.4 Å². The van der Waals surface area contributed by atoms with Gasteiger partial charge in [0.1, 0.15) is 0 Å². The first-order chi connectivity index (χ1) is 9.81. The predicted molar refractivity (Wildman–Crippen MR) is 78.7 cm³/mol. The molecular formula is C14H15N3O2S. The molecule has 5 nitrogen and oxygen atoms in total. The molecule has 1 fully saturated rings. The van der Waals surface area contributed by atoms with Crippen LogP contribution in [-0.4, -0.2) is 28.9 Å². The number of anilines is 1. The van der Waals surface area contributed by atoms with Gasteiger partial charge in [-0.3, -0.25) is 9.48 Å². The zero-order valence-corrected chi connectivity index (χ0v) is 11.7. The number of nitrogens with zero attached hydrogens (tertiary/aromatic N) is 2. The lowest BCUT2D eigenvalue weighted by Gasteiger charge is -2.06. The second-order valence-electron chi connectivity index (χ2n) is 4.56. The summed E-state index contributed by atoms with van der Waals surface area (Å²) >= 11 is 1.59. The van der Waals surface area contributed by atoms with Gasteiger partial charge in [0.2, 0.25) is 5.91 Å². The normalized spacial score (nSPS) is 18.7. The first-order valence-corrected chi connectivity index (χ1v) is 7.34. The van der Waals surface area contributed by atoms with E-state index >= 15 is 0 Å². The summed E-state index contributed by atoms with van der Waals surface area (Å²) in [6.07, 6.45) is 7.80. The molecule has 0 bridgehead atoms. The quantitative estimate of drug-likeness (QED) is 0.880. The van der Waals surface area contributed by atoms with Crippen LogP contribution in [0.2, 0.25) is 0 Å². The zero-order chi connectivity index (χ0) is 13.8. The molecular weight excluding hydrogens is 274 g/mol. The average Bonchev–Trinajstić information content (AvgIpc) is 3.18. The Labute approximate surface area is 120 Å². The Morgan fingerprint density at radius 1 is 1.60 bits per heavy atom. The first-order valence-electron chi connectivity index (χ1n) is 6.46. The molecule has 20 heavy (non-hydrogen) atoms. The van der Waals surface area contributed by atoms with E-state index in [0.717, 1.165) is 17.9 Å². The minimum absolute atomic E-state index is 0.152. The van der Waals surface area contributed by atoms with Crippen molar-refractivity contribution in [3.8, 4) is 0 Å². The Hall–Kier alpha value is -1.92. The van der Waals surface area contributed by atoms with Crippen molar-refractivity contribution < 1.29 is 9.53 Å². The SMILES string of the molecule is O=C(/C=C/c1cccs1)Nc1cnn([C@@H]2CCOC2)c1. The molecule has 0 aromatic carbocycles. The van der Waals surface area contributed by atoms with Gasteiger partial charge in [0, 0.05) is 23.8 Å². The van der Waals surface area contributed by atoms with Crippen molar-refractivity contribution >= 4 is 29.0 Å². The first kappa shape index (κ1) is 13.1. The number of hydrogen-bond donors (Lipinski definition) is 1. The molecule has 6 heteroatoms. The van der Waals surface area contributed by atoms with Crippen LogP contribution in [0.15, 0.2) is 36.0 Å². The standard InChI is InChI=1S/C14H15N3O2S/c18-14(4-3-13-2-1-7-20-13)16-11-8-15-17(9-11)12-5-6-19-10-12/h1-4,7-9,12H,5-6,10H2,(H,16,18)/b4-3+/t12-/m1/s1. The molecule has 1 amide bonds. The van der Waals surface area contributed by atoms with E-state index < -0.39 is 0 Å². The Balaban J connectivity index is 1.58. The number of carbonyl (C=O) groups excluding carboxylic acids is 1. The number of thiophene rings is 1. The van der Waals surface area contributed by atoms with E-state index in [0.29, 0.717) is 12.3 Å². The summed E-state index contributed by atoms with van der Waals surface area (Å²) in [6.45, 7) is 1.46. The highest BCUT2D eigenvalue weighted by molar-refractivity contribution is 7.10. The third-order valence-corrected chi connectivity index (χ3v) is 3.93. The number of carbonyl (C=O) groups is 1. The molecule has 104 valence electrons. The monoisotopic (exact) mass is 289 g/mol. The van der Waals surface area contributed by atoms with Gasteiger partial charge in [-0.1, -0.05) is 6.07 Å². The zero-order valence-electron chi connectivity index (χ0n) is 10.9. The number of hydrogen-bond acceptors (Lipinski definition) is 4. The van der Waals surface area contributed by atoms with Gasteiger partial charge in [0.05, 0.1) is 24.5 Å².